The van der Waals surface area contributed by atoms with Crippen molar-refractivity contribution in [2.45, 2.75) is 76.2 Å². The van der Waals surface area contributed by atoms with E-state index in [2.05, 4.69) is 4.74 Å². The lowest BCUT2D eigenvalue weighted by Gasteiger charge is -2.31. The van der Waals surface area contributed by atoms with E-state index in [1.807, 2.05) is 6.92 Å². The molecule has 4 nitrogen and oxygen atoms in total. The Balaban J connectivity index is 4.51. The largest absolute Gasteiger partial charge is 0.459 e. The molecule has 0 heterocycles. The minimum Gasteiger partial charge on any atom is -0.459 e. The molecule has 0 bridgehead atoms. The Kier molecular flexibility index (Phi) is 10.6. The van der Waals surface area contributed by atoms with Crippen LogP contribution in [0.25, 0.3) is 0 Å². The second-order valence-corrected chi connectivity index (χ2v) is 6.13. The Labute approximate surface area is 162 Å². The summed E-state index contributed by atoms with van der Waals surface area (Å²) >= 11 is 0. The number of unbranched alkanes of at least 4 members (excludes halogenated alkanes) is 2. The van der Waals surface area contributed by atoms with Crippen molar-refractivity contribution >= 4 is 11.9 Å². The van der Waals surface area contributed by atoms with E-state index in [1.165, 1.54) is 6.92 Å². The maximum atomic E-state index is 13.2. The van der Waals surface area contributed by atoms with Crippen molar-refractivity contribution in [3.8, 4) is 0 Å². The SMILES string of the molecule is CCCC/C=C/C(C)OC(=O)CCC(=O)OCC(F)(F)C(F)(F)C(F)(F)C(F)F. The fourth-order valence-electron chi connectivity index (χ4n) is 1.83. The molecule has 0 aliphatic rings. The Hall–Kier alpha value is -1.88. The Morgan fingerprint density at radius 1 is 1.00 bits per heavy atom. The summed E-state index contributed by atoms with van der Waals surface area (Å²) in [5, 5.41) is 0. The van der Waals surface area contributed by atoms with Crippen LogP contribution in [0.2, 0.25) is 0 Å². The Morgan fingerprint density at radius 3 is 2.07 bits per heavy atom. The first-order valence-corrected chi connectivity index (χ1v) is 8.62. The predicted molar refractivity (Wildman–Crippen MR) is 85.3 cm³/mol. The lowest BCUT2D eigenvalue weighted by molar-refractivity contribution is -0.344. The van der Waals surface area contributed by atoms with Crippen LogP contribution in [0.5, 0.6) is 0 Å². The molecule has 0 aliphatic heterocycles. The number of ether oxygens (including phenoxy) is 2. The van der Waals surface area contributed by atoms with Crippen molar-refractivity contribution in [1.82, 2.24) is 0 Å². The molecule has 0 amide bonds. The molecule has 1 unspecified atom stereocenters. The van der Waals surface area contributed by atoms with Crippen molar-refractivity contribution in [3.05, 3.63) is 12.2 Å². The van der Waals surface area contributed by atoms with Crippen LogP contribution in [0.15, 0.2) is 12.2 Å². The number of alkyl halides is 8. The molecule has 0 spiro atoms. The molecule has 0 aromatic rings. The summed E-state index contributed by atoms with van der Waals surface area (Å²) in [7, 11) is 0. The predicted octanol–water partition coefficient (Wildman–Crippen LogP) is 5.16. The Bertz CT molecular complexity index is 564. The van der Waals surface area contributed by atoms with Gasteiger partial charge in [0.15, 0.2) is 6.61 Å². The van der Waals surface area contributed by atoms with E-state index >= 15 is 0 Å². The van der Waals surface area contributed by atoms with Crippen LogP contribution in [0, 0.1) is 0 Å². The number of halogens is 8. The van der Waals surface area contributed by atoms with Gasteiger partial charge in [0.05, 0.1) is 12.8 Å². The number of hydrogen-bond donors (Lipinski definition) is 0. The van der Waals surface area contributed by atoms with Gasteiger partial charge in [-0.15, -0.1) is 0 Å². The molecule has 0 aromatic heterocycles. The van der Waals surface area contributed by atoms with Crippen LogP contribution in [0.4, 0.5) is 35.1 Å². The number of carbonyl (C=O) groups is 2. The van der Waals surface area contributed by atoms with Gasteiger partial charge in [-0.25, -0.2) is 8.78 Å². The molecular formula is C17H22F8O4. The van der Waals surface area contributed by atoms with Gasteiger partial charge in [-0.2, -0.15) is 26.3 Å². The monoisotopic (exact) mass is 442 g/mol. The van der Waals surface area contributed by atoms with Gasteiger partial charge in [0, 0.05) is 0 Å². The maximum Gasteiger partial charge on any atom is 0.381 e. The van der Waals surface area contributed by atoms with Crippen molar-refractivity contribution in [3.63, 3.8) is 0 Å². The van der Waals surface area contributed by atoms with Crippen LogP contribution in [0.3, 0.4) is 0 Å². The van der Waals surface area contributed by atoms with Gasteiger partial charge in [0.2, 0.25) is 0 Å². The lowest BCUT2D eigenvalue weighted by atomic mass is 10.1. The highest BCUT2D eigenvalue weighted by Crippen LogP contribution is 2.48. The van der Waals surface area contributed by atoms with Crippen molar-refractivity contribution in [2.24, 2.45) is 0 Å². The van der Waals surface area contributed by atoms with Gasteiger partial charge in [0.25, 0.3) is 0 Å². The number of allylic oxidation sites excluding steroid dienone is 1. The first-order valence-electron chi connectivity index (χ1n) is 8.62. The minimum atomic E-state index is -6.47. The van der Waals surface area contributed by atoms with Crippen LogP contribution < -0.4 is 0 Å². The number of rotatable bonds is 13. The van der Waals surface area contributed by atoms with E-state index in [0.29, 0.717) is 0 Å². The van der Waals surface area contributed by atoms with Crippen LogP contribution in [0.1, 0.15) is 46.0 Å². The average Bonchev–Trinajstić information content (AvgIpc) is 2.61. The minimum absolute atomic E-state index is 0.644. The lowest BCUT2D eigenvalue weighted by Crippen LogP contribution is -2.59. The summed E-state index contributed by atoms with van der Waals surface area (Å²) in [5.74, 6) is -21.1. The zero-order valence-electron chi connectivity index (χ0n) is 15.7. The van der Waals surface area contributed by atoms with Gasteiger partial charge < -0.3 is 9.47 Å². The molecule has 0 saturated carbocycles. The summed E-state index contributed by atoms with van der Waals surface area (Å²) in [6.07, 6.45) is -1.22. The maximum absolute atomic E-state index is 13.2. The van der Waals surface area contributed by atoms with E-state index in [-0.39, 0.29) is 0 Å². The normalized spacial score (nSPS) is 14.3. The summed E-state index contributed by atoms with van der Waals surface area (Å²) in [5.41, 5.74) is 0. The highest BCUT2D eigenvalue weighted by atomic mass is 19.4. The van der Waals surface area contributed by atoms with Crippen LogP contribution in [-0.2, 0) is 19.1 Å². The molecule has 0 fully saturated rings. The summed E-state index contributed by atoms with van der Waals surface area (Å²) in [6, 6.07) is 0. The second-order valence-electron chi connectivity index (χ2n) is 6.13. The fraction of sp³-hybridized carbons (Fsp3) is 0.765. The smallest absolute Gasteiger partial charge is 0.381 e. The third kappa shape index (κ3) is 8.17. The molecule has 0 saturated heterocycles. The van der Waals surface area contributed by atoms with Crippen LogP contribution >= 0.6 is 0 Å². The summed E-state index contributed by atoms with van der Waals surface area (Å²) in [6.45, 7) is 0.939. The van der Waals surface area contributed by atoms with Crippen molar-refractivity contribution < 1.29 is 54.2 Å². The van der Waals surface area contributed by atoms with Gasteiger partial charge in [-0.3, -0.25) is 9.59 Å². The van der Waals surface area contributed by atoms with Gasteiger partial charge in [-0.1, -0.05) is 25.8 Å². The van der Waals surface area contributed by atoms with Gasteiger partial charge >= 0.3 is 36.1 Å². The second kappa shape index (κ2) is 11.3. The zero-order chi connectivity index (χ0) is 22.9. The Morgan fingerprint density at radius 2 is 1.55 bits per heavy atom. The molecule has 0 aromatic carbocycles. The summed E-state index contributed by atoms with van der Waals surface area (Å²) in [4.78, 5) is 22.8. The van der Waals surface area contributed by atoms with Crippen LogP contribution in [-0.4, -0.2) is 48.8 Å². The third-order valence-corrected chi connectivity index (χ3v) is 3.55. The molecule has 170 valence electrons. The molecular weight excluding hydrogens is 420 g/mol. The first kappa shape index (κ1) is 27.1. The van der Waals surface area contributed by atoms with E-state index in [1.54, 1.807) is 12.2 Å². The van der Waals surface area contributed by atoms with Crippen molar-refractivity contribution in [2.75, 3.05) is 6.61 Å². The molecule has 12 heteroatoms. The molecule has 29 heavy (non-hydrogen) atoms. The molecule has 0 N–H and O–H groups in total. The highest BCUT2D eigenvalue weighted by molar-refractivity contribution is 5.77. The van der Waals surface area contributed by atoms with E-state index in [0.717, 1.165) is 19.3 Å². The van der Waals surface area contributed by atoms with E-state index < -0.39 is 61.7 Å². The summed E-state index contributed by atoms with van der Waals surface area (Å²) < 4.78 is 110. The van der Waals surface area contributed by atoms with E-state index in [9.17, 15) is 44.7 Å². The number of esters is 2. The standard InChI is InChI=1S/C17H22F8O4/c1-3-4-5-6-7-11(2)29-13(27)9-8-12(26)28-10-15(20,21)17(24,25)16(22,23)14(18)19/h6-7,11,14H,3-5,8-10H2,1-2H3/b7-6+. The molecule has 0 radical (unpaired) electrons. The topological polar surface area (TPSA) is 52.6 Å². The molecule has 0 rings (SSSR count). The molecule has 0 aliphatic carbocycles. The van der Waals surface area contributed by atoms with Crippen molar-refractivity contribution in [1.29, 1.82) is 0 Å². The van der Waals surface area contributed by atoms with Gasteiger partial charge in [0.1, 0.15) is 6.10 Å². The highest BCUT2D eigenvalue weighted by Gasteiger charge is 2.75. The first-order chi connectivity index (χ1) is 13.2. The van der Waals surface area contributed by atoms with Gasteiger partial charge in [-0.05, 0) is 19.4 Å². The fourth-order valence-corrected chi connectivity index (χ4v) is 1.83. The quantitative estimate of drug-likeness (QED) is 0.171. The zero-order valence-corrected chi connectivity index (χ0v) is 15.7. The molecule has 1 atom stereocenters. The number of carbonyl (C=O) groups excluding carboxylic acids is 2. The third-order valence-electron chi connectivity index (χ3n) is 3.55. The average molecular weight is 442 g/mol. The van der Waals surface area contributed by atoms with E-state index in [4.69, 9.17) is 4.74 Å². The number of hydrogen-bond acceptors (Lipinski definition) is 4.